The minimum atomic E-state index is 0.571. The van der Waals surface area contributed by atoms with Crippen molar-refractivity contribution < 1.29 is 0 Å². The second-order valence-corrected chi connectivity index (χ2v) is 8.87. The molecule has 0 amide bonds. The molecule has 0 aromatic rings. The number of allylic oxidation sites excluding steroid dienone is 2. The van der Waals surface area contributed by atoms with Gasteiger partial charge in [-0.1, -0.05) is 104 Å². The highest BCUT2D eigenvalue weighted by Crippen LogP contribution is 2.40. The summed E-state index contributed by atoms with van der Waals surface area (Å²) in [7, 11) is 0. The normalized spacial score (nSPS) is 18.8. The van der Waals surface area contributed by atoms with E-state index in [1.807, 2.05) is 0 Å². The first-order valence-electron chi connectivity index (χ1n) is 11.3. The van der Waals surface area contributed by atoms with Crippen LogP contribution in [0, 0.1) is 17.3 Å². The summed E-state index contributed by atoms with van der Waals surface area (Å²) in [6.45, 7) is 9.70. The average molecular weight is 335 g/mol. The van der Waals surface area contributed by atoms with Crippen LogP contribution in [-0.4, -0.2) is 0 Å². The molecule has 0 saturated heterocycles. The van der Waals surface area contributed by atoms with E-state index in [0.717, 1.165) is 11.8 Å². The summed E-state index contributed by atoms with van der Waals surface area (Å²) in [6.07, 6.45) is 26.1. The zero-order valence-corrected chi connectivity index (χ0v) is 17.4. The van der Waals surface area contributed by atoms with Gasteiger partial charge in [-0.05, 0) is 49.4 Å². The molecule has 1 saturated carbocycles. The molecule has 1 aliphatic carbocycles. The van der Waals surface area contributed by atoms with E-state index < -0.39 is 0 Å². The average Bonchev–Trinajstić information content (AvgIpc) is 3.40. The molecule has 0 spiro atoms. The SMILES string of the molecule is CCCC=CCCCC(C)(CCCCCCCC1CC1)C(C)CC. The van der Waals surface area contributed by atoms with Gasteiger partial charge < -0.3 is 0 Å². The first-order valence-corrected chi connectivity index (χ1v) is 11.3. The van der Waals surface area contributed by atoms with E-state index in [1.165, 1.54) is 96.3 Å². The zero-order valence-electron chi connectivity index (χ0n) is 17.4. The van der Waals surface area contributed by atoms with Crippen molar-refractivity contribution in [2.75, 3.05) is 0 Å². The molecule has 0 heterocycles. The van der Waals surface area contributed by atoms with Crippen molar-refractivity contribution in [3.05, 3.63) is 12.2 Å². The van der Waals surface area contributed by atoms with Gasteiger partial charge >= 0.3 is 0 Å². The molecule has 24 heavy (non-hydrogen) atoms. The Morgan fingerprint density at radius 3 is 2.17 bits per heavy atom. The summed E-state index contributed by atoms with van der Waals surface area (Å²) in [5.74, 6) is 2.00. The molecule has 2 unspecified atom stereocenters. The predicted octanol–water partition coefficient (Wildman–Crippen LogP) is 8.71. The molecule has 1 fully saturated rings. The first kappa shape index (κ1) is 21.8. The highest BCUT2D eigenvalue weighted by molar-refractivity contribution is 4.84. The van der Waals surface area contributed by atoms with Crippen molar-refractivity contribution in [2.24, 2.45) is 17.3 Å². The molecular formula is C24H46. The Balaban J connectivity index is 2.15. The van der Waals surface area contributed by atoms with Crippen LogP contribution >= 0.6 is 0 Å². The Kier molecular flexibility index (Phi) is 11.8. The molecule has 0 aromatic heterocycles. The summed E-state index contributed by atoms with van der Waals surface area (Å²) >= 11 is 0. The third kappa shape index (κ3) is 9.90. The van der Waals surface area contributed by atoms with Crippen LogP contribution in [0.1, 0.15) is 124 Å². The number of rotatable bonds is 16. The Morgan fingerprint density at radius 1 is 0.875 bits per heavy atom. The van der Waals surface area contributed by atoms with Crippen LogP contribution < -0.4 is 0 Å². The number of unbranched alkanes of at least 4 members (excludes halogenated alkanes) is 6. The van der Waals surface area contributed by atoms with E-state index in [0.29, 0.717) is 5.41 Å². The predicted molar refractivity (Wildman–Crippen MR) is 111 cm³/mol. The van der Waals surface area contributed by atoms with Gasteiger partial charge in [0.15, 0.2) is 0 Å². The molecule has 142 valence electrons. The summed E-state index contributed by atoms with van der Waals surface area (Å²) < 4.78 is 0. The second-order valence-electron chi connectivity index (χ2n) is 8.87. The lowest BCUT2D eigenvalue weighted by atomic mass is 9.70. The van der Waals surface area contributed by atoms with Crippen molar-refractivity contribution in [3.63, 3.8) is 0 Å². The Labute approximate surface area is 153 Å². The third-order valence-corrected chi connectivity index (χ3v) is 6.60. The fourth-order valence-electron chi connectivity index (χ4n) is 4.04. The van der Waals surface area contributed by atoms with Gasteiger partial charge in [0.1, 0.15) is 0 Å². The van der Waals surface area contributed by atoms with Crippen LogP contribution in [0.5, 0.6) is 0 Å². The fourth-order valence-corrected chi connectivity index (χ4v) is 4.04. The van der Waals surface area contributed by atoms with E-state index in [2.05, 4.69) is 39.8 Å². The maximum absolute atomic E-state index is 2.57. The smallest absolute Gasteiger partial charge is 0.0300 e. The third-order valence-electron chi connectivity index (χ3n) is 6.60. The molecular weight excluding hydrogens is 288 g/mol. The quantitative estimate of drug-likeness (QED) is 0.195. The van der Waals surface area contributed by atoms with Gasteiger partial charge in [0.25, 0.3) is 0 Å². The van der Waals surface area contributed by atoms with Gasteiger partial charge in [-0.25, -0.2) is 0 Å². The highest BCUT2D eigenvalue weighted by Gasteiger charge is 2.28. The summed E-state index contributed by atoms with van der Waals surface area (Å²) in [5.41, 5.74) is 0.571. The lowest BCUT2D eigenvalue weighted by Crippen LogP contribution is -2.25. The molecule has 0 N–H and O–H groups in total. The first-order chi connectivity index (χ1) is 11.6. The molecule has 0 heteroatoms. The van der Waals surface area contributed by atoms with Crippen molar-refractivity contribution in [2.45, 2.75) is 124 Å². The molecule has 1 rings (SSSR count). The topological polar surface area (TPSA) is 0 Å². The van der Waals surface area contributed by atoms with Gasteiger partial charge in [-0.15, -0.1) is 0 Å². The molecule has 1 aliphatic rings. The Morgan fingerprint density at radius 2 is 1.50 bits per heavy atom. The highest BCUT2D eigenvalue weighted by atomic mass is 14.3. The Bertz CT molecular complexity index is 312. The van der Waals surface area contributed by atoms with Crippen LogP contribution in [-0.2, 0) is 0 Å². The van der Waals surface area contributed by atoms with Gasteiger partial charge in [0.05, 0.1) is 0 Å². The maximum Gasteiger partial charge on any atom is -0.0300 e. The van der Waals surface area contributed by atoms with E-state index in [-0.39, 0.29) is 0 Å². The largest absolute Gasteiger partial charge is 0.0885 e. The van der Waals surface area contributed by atoms with E-state index in [1.54, 1.807) is 0 Å². The second kappa shape index (κ2) is 13.0. The minimum Gasteiger partial charge on any atom is -0.0885 e. The summed E-state index contributed by atoms with van der Waals surface area (Å²) in [6, 6.07) is 0. The maximum atomic E-state index is 2.57. The standard InChI is InChI=1S/C24H46/c1-5-7-8-9-12-15-20-24(4,22(3)6-2)21-16-13-10-11-14-17-23-18-19-23/h8-9,22-23H,5-7,10-21H2,1-4H3. The molecule has 0 nitrogen and oxygen atoms in total. The van der Waals surface area contributed by atoms with Crippen LogP contribution in [0.25, 0.3) is 0 Å². The van der Waals surface area contributed by atoms with Crippen molar-refractivity contribution in [1.29, 1.82) is 0 Å². The van der Waals surface area contributed by atoms with Crippen LogP contribution in [0.4, 0.5) is 0 Å². The van der Waals surface area contributed by atoms with Gasteiger partial charge in [0, 0.05) is 0 Å². The molecule has 0 bridgehead atoms. The van der Waals surface area contributed by atoms with Crippen LogP contribution in [0.15, 0.2) is 12.2 Å². The number of hydrogen-bond acceptors (Lipinski definition) is 0. The van der Waals surface area contributed by atoms with E-state index in [9.17, 15) is 0 Å². The number of hydrogen-bond donors (Lipinski definition) is 0. The zero-order chi connectivity index (χ0) is 17.7. The minimum absolute atomic E-state index is 0.571. The van der Waals surface area contributed by atoms with Crippen molar-refractivity contribution >= 4 is 0 Å². The molecule has 0 aromatic carbocycles. The molecule has 0 radical (unpaired) electrons. The van der Waals surface area contributed by atoms with E-state index >= 15 is 0 Å². The van der Waals surface area contributed by atoms with E-state index in [4.69, 9.17) is 0 Å². The van der Waals surface area contributed by atoms with Crippen molar-refractivity contribution in [3.8, 4) is 0 Å². The van der Waals surface area contributed by atoms with Gasteiger partial charge in [-0.3, -0.25) is 0 Å². The summed E-state index contributed by atoms with van der Waals surface area (Å²) in [4.78, 5) is 0. The molecule has 2 atom stereocenters. The van der Waals surface area contributed by atoms with Gasteiger partial charge in [0.2, 0.25) is 0 Å². The van der Waals surface area contributed by atoms with Crippen LogP contribution in [0.2, 0.25) is 0 Å². The van der Waals surface area contributed by atoms with Crippen LogP contribution in [0.3, 0.4) is 0 Å². The molecule has 0 aliphatic heterocycles. The summed E-state index contributed by atoms with van der Waals surface area (Å²) in [5, 5.41) is 0. The monoisotopic (exact) mass is 334 g/mol. The lowest BCUT2D eigenvalue weighted by molar-refractivity contribution is 0.153. The fraction of sp³-hybridized carbons (Fsp3) is 0.917. The van der Waals surface area contributed by atoms with Gasteiger partial charge in [-0.2, -0.15) is 0 Å². The van der Waals surface area contributed by atoms with Crippen molar-refractivity contribution in [1.82, 2.24) is 0 Å². The Hall–Kier alpha value is -0.260. The lowest BCUT2D eigenvalue weighted by Gasteiger charge is -2.36.